The van der Waals surface area contributed by atoms with Crippen LogP contribution in [0.3, 0.4) is 0 Å². The first-order valence-corrected chi connectivity index (χ1v) is 9.70. The Morgan fingerprint density at radius 2 is 1.73 bits per heavy atom. The van der Waals surface area contributed by atoms with Gasteiger partial charge in [0.2, 0.25) is 5.91 Å². The molecule has 0 bridgehead atoms. The van der Waals surface area contributed by atoms with Crippen LogP contribution in [0.2, 0.25) is 0 Å². The number of anilines is 1. The zero-order chi connectivity index (χ0) is 21.3. The summed E-state index contributed by atoms with van der Waals surface area (Å²) in [4.78, 5) is 25.5. The third-order valence-electron chi connectivity index (χ3n) is 5.26. The number of ether oxygens (including phenoxy) is 1. The number of carbonyl (C=O) groups excluding carboxylic acids is 2. The maximum atomic E-state index is 12.1. The van der Waals surface area contributed by atoms with Crippen LogP contribution in [0.1, 0.15) is 29.7 Å². The lowest BCUT2D eigenvalue weighted by atomic mass is 10.1. The summed E-state index contributed by atoms with van der Waals surface area (Å²) in [5.41, 5.74) is 13.2. The van der Waals surface area contributed by atoms with Crippen LogP contribution in [0.4, 0.5) is 5.82 Å². The molecule has 1 fully saturated rings. The molecule has 2 amide bonds. The number of hydrogen-bond donors (Lipinski definition) is 2. The van der Waals surface area contributed by atoms with Crippen molar-refractivity contribution in [2.24, 2.45) is 5.73 Å². The maximum absolute atomic E-state index is 12.1. The van der Waals surface area contributed by atoms with Crippen molar-refractivity contribution in [3.8, 4) is 22.8 Å². The van der Waals surface area contributed by atoms with E-state index in [0.717, 1.165) is 5.75 Å². The standard InChI is InChI=1S/C22H23N5O3/c1-14(28)26-12-11-16(13-26)27-21(23)19(22(24)29)20(25-27)15-7-9-18(10-8-15)30-17-5-3-2-4-6-17/h2-10,16H,11-13,23H2,1H3,(H2,24,29)/t16-/m1/s1. The minimum atomic E-state index is -0.639. The summed E-state index contributed by atoms with van der Waals surface area (Å²) >= 11 is 0. The Labute approximate surface area is 174 Å². The third-order valence-corrected chi connectivity index (χ3v) is 5.26. The number of nitrogens with zero attached hydrogens (tertiary/aromatic N) is 3. The fraction of sp³-hybridized carbons (Fsp3) is 0.227. The summed E-state index contributed by atoms with van der Waals surface area (Å²) < 4.78 is 7.43. The molecule has 1 aliphatic heterocycles. The van der Waals surface area contributed by atoms with Gasteiger partial charge in [0.25, 0.3) is 5.91 Å². The minimum absolute atomic E-state index is 0.00702. The molecule has 0 saturated carbocycles. The van der Waals surface area contributed by atoms with Crippen LogP contribution >= 0.6 is 0 Å². The van der Waals surface area contributed by atoms with E-state index in [9.17, 15) is 9.59 Å². The Kier molecular flexibility index (Phi) is 5.14. The minimum Gasteiger partial charge on any atom is -0.457 e. The van der Waals surface area contributed by atoms with Gasteiger partial charge in [0.05, 0.1) is 6.04 Å². The van der Waals surface area contributed by atoms with E-state index in [0.29, 0.717) is 36.5 Å². The fourth-order valence-corrected chi connectivity index (χ4v) is 3.70. The Bertz CT molecular complexity index is 1080. The van der Waals surface area contributed by atoms with Crippen LogP contribution in [0, 0.1) is 0 Å². The number of carbonyl (C=O) groups is 2. The normalized spacial score (nSPS) is 15.9. The van der Waals surface area contributed by atoms with E-state index in [-0.39, 0.29) is 23.3 Å². The first-order valence-electron chi connectivity index (χ1n) is 9.70. The third kappa shape index (κ3) is 3.71. The van der Waals surface area contributed by atoms with Crippen molar-refractivity contribution in [1.82, 2.24) is 14.7 Å². The zero-order valence-corrected chi connectivity index (χ0v) is 16.6. The van der Waals surface area contributed by atoms with Crippen LogP contribution in [-0.4, -0.2) is 39.6 Å². The number of amides is 2. The molecule has 1 atom stereocenters. The molecule has 2 aromatic carbocycles. The summed E-state index contributed by atoms with van der Waals surface area (Å²) in [7, 11) is 0. The highest BCUT2D eigenvalue weighted by atomic mass is 16.5. The number of primary amides is 1. The topological polar surface area (TPSA) is 116 Å². The highest BCUT2D eigenvalue weighted by molar-refractivity contribution is 6.03. The number of nitrogen functional groups attached to an aromatic ring is 1. The first kappa shape index (κ1) is 19.5. The predicted octanol–water partition coefficient (Wildman–Crippen LogP) is 2.82. The SMILES string of the molecule is CC(=O)N1CC[C@@H](n2nc(-c3ccc(Oc4ccccc4)cc3)c(C(N)=O)c2N)C1. The molecule has 8 nitrogen and oxygen atoms in total. The van der Waals surface area contributed by atoms with Gasteiger partial charge in [-0.05, 0) is 42.8 Å². The average molecular weight is 405 g/mol. The second kappa shape index (κ2) is 7.90. The number of nitrogens with two attached hydrogens (primary N) is 2. The van der Waals surface area contributed by atoms with Crippen molar-refractivity contribution in [3.63, 3.8) is 0 Å². The molecule has 0 radical (unpaired) electrons. The second-order valence-electron chi connectivity index (χ2n) is 7.26. The van der Waals surface area contributed by atoms with Crippen molar-refractivity contribution in [1.29, 1.82) is 0 Å². The van der Waals surface area contributed by atoms with Gasteiger partial charge in [-0.15, -0.1) is 0 Å². The van der Waals surface area contributed by atoms with Gasteiger partial charge in [0.1, 0.15) is 28.6 Å². The zero-order valence-electron chi connectivity index (χ0n) is 16.6. The number of hydrogen-bond acceptors (Lipinski definition) is 5. The van der Waals surface area contributed by atoms with Crippen molar-refractivity contribution < 1.29 is 14.3 Å². The molecule has 4 N–H and O–H groups in total. The van der Waals surface area contributed by atoms with Crippen molar-refractivity contribution in [2.45, 2.75) is 19.4 Å². The van der Waals surface area contributed by atoms with Crippen LogP contribution in [0.25, 0.3) is 11.3 Å². The number of likely N-dealkylation sites (tertiary alicyclic amines) is 1. The van der Waals surface area contributed by atoms with E-state index in [1.807, 2.05) is 42.5 Å². The van der Waals surface area contributed by atoms with E-state index in [1.165, 1.54) is 6.92 Å². The summed E-state index contributed by atoms with van der Waals surface area (Å²) in [5, 5.41) is 4.60. The number of rotatable bonds is 5. The average Bonchev–Trinajstić information content (AvgIpc) is 3.34. The lowest BCUT2D eigenvalue weighted by Crippen LogP contribution is -2.27. The summed E-state index contributed by atoms with van der Waals surface area (Å²) in [6.45, 7) is 2.67. The van der Waals surface area contributed by atoms with Gasteiger partial charge in [0, 0.05) is 25.6 Å². The van der Waals surface area contributed by atoms with E-state index in [4.69, 9.17) is 16.2 Å². The predicted molar refractivity (Wildman–Crippen MR) is 113 cm³/mol. The highest BCUT2D eigenvalue weighted by Gasteiger charge is 2.31. The molecule has 4 rings (SSSR count). The van der Waals surface area contributed by atoms with Crippen LogP contribution < -0.4 is 16.2 Å². The van der Waals surface area contributed by atoms with Gasteiger partial charge in [0.15, 0.2) is 0 Å². The number of para-hydroxylation sites is 1. The maximum Gasteiger partial charge on any atom is 0.254 e. The van der Waals surface area contributed by atoms with Gasteiger partial charge in [-0.25, -0.2) is 4.68 Å². The molecule has 0 unspecified atom stereocenters. The van der Waals surface area contributed by atoms with Crippen LogP contribution in [-0.2, 0) is 4.79 Å². The monoisotopic (exact) mass is 405 g/mol. The largest absolute Gasteiger partial charge is 0.457 e. The molecular weight excluding hydrogens is 382 g/mol. The van der Waals surface area contributed by atoms with Crippen LogP contribution in [0.5, 0.6) is 11.5 Å². The van der Waals surface area contributed by atoms with E-state index < -0.39 is 5.91 Å². The van der Waals surface area contributed by atoms with Gasteiger partial charge < -0.3 is 21.1 Å². The van der Waals surface area contributed by atoms with Gasteiger partial charge >= 0.3 is 0 Å². The van der Waals surface area contributed by atoms with Crippen molar-refractivity contribution in [2.75, 3.05) is 18.8 Å². The van der Waals surface area contributed by atoms with Crippen molar-refractivity contribution in [3.05, 3.63) is 60.2 Å². The van der Waals surface area contributed by atoms with Crippen LogP contribution in [0.15, 0.2) is 54.6 Å². The lowest BCUT2D eigenvalue weighted by molar-refractivity contribution is -0.127. The summed E-state index contributed by atoms with van der Waals surface area (Å²) in [6, 6.07) is 16.6. The Balaban J connectivity index is 1.63. The molecule has 1 aliphatic rings. The number of benzene rings is 2. The Hall–Kier alpha value is -3.81. The van der Waals surface area contributed by atoms with Gasteiger partial charge in [-0.2, -0.15) is 5.10 Å². The first-order chi connectivity index (χ1) is 14.4. The molecule has 30 heavy (non-hydrogen) atoms. The fourth-order valence-electron chi connectivity index (χ4n) is 3.70. The highest BCUT2D eigenvalue weighted by Crippen LogP contribution is 2.33. The molecule has 154 valence electrons. The second-order valence-corrected chi connectivity index (χ2v) is 7.26. The van der Waals surface area contributed by atoms with E-state index >= 15 is 0 Å². The molecule has 0 aliphatic carbocycles. The molecule has 2 heterocycles. The Morgan fingerprint density at radius 1 is 1.07 bits per heavy atom. The number of aromatic nitrogens is 2. The Morgan fingerprint density at radius 3 is 2.33 bits per heavy atom. The molecule has 3 aromatic rings. The quantitative estimate of drug-likeness (QED) is 0.677. The molecule has 1 saturated heterocycles. The van der Waals surface area contributed by atoms with Gasteiger partial charge in [-0.1, -0.05) is 18.2 Å². The van der Waals surface area contributed by atoms with Gasteiger partial charge in [-0.3, -0.25) is 9.59 Å². The van der Waals surface area contributed by atoms with Crippen molar-refractivity contribution >= 4 is 17.6 Å². The lowest BCUT2D eigenvalue weighted by Gasteiger charge is -2.15. The molecule has 1 aromatic heterocycles. The van der Waals surface area contributed by atoms with E-state index in [2.05, 4.69) is 5.10 Å². The van der Waals surface area contributed by atoms with E-state index in [1.54, 1.807) is 21.7 Å². The molecule has 0 spiro atoms. The summed E-state index contributed by atoms with van der Waals surface area (Å²) in [6.07, 6.45) is 0.715. The molecular formula is C22H23N5O3. The molecule has 8 heteroatoms. The summed E-state index contributed by atoms with van der Waals surface area (Å²) in [5.74, 6) is 0.976. The smallest absolute Gasteiger partial charge is 0.254 e.